The SMILES string of the molecule is CCc1nnc(N/N=C\c2ccc(-c3ccc([N+](=O)[O-])cc3Cl)o2)n1N. The second kappa shape index (κ2) is 7.23. The van der Waals surface area contributed by atoms with Gasteiger partial charge in [-0.3, -0.25) is 10.1 Å². The Morgan fingerprint density at radius 1 is 1.42 bits per heavy atom. The summed E-state index contributed by atoms with van der Waals surface area (Å²) in [5.41, 5.74) is 3.12. The normalized spacial score (nSPS) is 11.2. The van der Waals surface area contributed by atoms with Crippen LogP contribution >= 0.6 is 11.6 Å². The van der Waals surface area contributed by atoms with Crippen molar-refractivity contribution in [3.8, 4) is 11.3 Å². The Morgan fingerprint density at radius 3 is 2.88 bits per heavy atom. The zero-order valence-corrected chi connectivity index (χ0v) is 14.3. The van der Waals surface area contributed by atoms with Gasteiger partial charge in [0.2, 0.25) is 0 Å². The molecule has 0 aliphatic rings. The van der Waals surface area contributed by atoms with Crippen molar-refractivity contribution in [3.05, 3.63) is 57.1 Å². The van der Waals surface area contributed by atoms with Gasteiger partial charge in [-0.05, 0) is 18.2 Å². The number of non-ortho nitro benzene ring substituents is 1. The van der Waals surface area contributed by atoms with Crippen LogP contribution in [0, 0.1) is 10.1 Å². The number of nitro benzene ring substituents is 1. The van der Waals surface area contributed by atoms with Crippen molar-refractivity contribution in [1.82, 2.24) is 14.9 Å². The van der Waals surface area contributed by atoms with Crippen LogP contribution in [0.2, 0.25) is 5.02 Å². The number of aryl methyl sites for hydroxylation is 1. The van der Waals surface area contributed by atoms with Crippen LogP contribution in [-0.2, 0) is 6.42 Å². The molecule has 0 saturated heterocycles. The largest absolute Gasteiger partial charge is 0.455 e. The molecule has 3 aromatic rings. The van der Waals surface area contributed by atoms with Crippen LogP contribution in [0.5, 0.6) is 0 Å². The number of aromatic nitrogens is 3. The molecule has 0 unspecified atom stereocenters. The van der Waals surface area contributed by atoms with Crippen molar-refractivity contribution >= 4 is 29.5 Å². The van der Waals surface area contributed by atoms with Gasteiger partial charge >= 0.3 is 0 Å². The first-order chi connectivity index (χ1) is 12.5. The summed E-state index contributed by atoms with van der Waals surface area (Å²) in [6, 6.07) is 7.53. The van der Waals surface area contributed by atoms with E-state index in [0.29, 0.717) is 35.3 Å². The van der Waals surface area contributed by atoms with Gasteiger partial charge in [0.25, 0.3) is 11.6 Å². The van der Waals surface area contributed by atoms with Crippen LogP contribution in [0.1, 0.15) is 18.5 Å². The first-order valence-electron chi connectivity index (χ1n) is 7.52. The standard InChI is InChI=1S/C15H14ClN7O3/c1-2-14-19-21-15(22(14)17)20-18-8-10-4-6-13(26-10)11-5-3-9(23(24)25)7-12(11)16/h3-8H,2,17H2,1H3,(H,20,21)/b18-8-. The monoisotopic (exact) mass is 375 g/mol. The van der Waals surface area contributed by atoms with E-state index in [9.17, 15) is 10.1 Å². The van der Waals surface area contributed by atoms with Gasteiger partial charge in [-0.1, -0.05) is 18.5 Å². The zero-order valence-electron chi connectivity index (χ0n) is 13.6. The molecule has 3 rings (SSSR count). The number of furan rings is 1. The van der Waals surface area contributed by atoms with E-state index in [0.717, 1.165) is 0 Å². The molecule has 11 heteroatoms. The molecule has 0 radical (unpaired) electrons. The van der Waals surface area contributed by atoms with Gasteiger partial charge in [-0.2, -0.15) is 5.10 Å². The van der Waals surface area contributed by atoms with E-state index in [4.69, 9.17) is 21.9 Å². The number of nitrogens with zero attached hydrogens (tertiary/aromatic N) is 5. The molecule has 10 nitrogen and oxygen atoms in total. The van der Waals surface area contributed by atoms with Crippen LogP contribution in [0.25, 0.3) is 11.3 Å². The van der Waals surface area contributed by atoms with E-state index < -0.39 is 4.92 Å². The minimum Gasteiger partial charge on any atom is -0.455 e. The number of anilines is 1. The van der Waals surface area contributed by atoms with Crippen LogP contribution in [-0.4, -0.2) is 26.0 Å². The second-order valence-corrected chi connectivity index (χ2v) is 5.56. The molecule has 2 heterocycles. The lowest BCUT2D eigenvalue weighted by molar-refractivity contribution is -0.384. The van der Waals surface area contributed by atoms with E-state index in [2.05, 4.69) is 20.7 Å². The summed E-state index contributed by atoms with van der Waals surface area (Å²) in [4.78, 5) is 10.3. The predicted octanol–water partition coefficient (Wildman–Crippen LogP) is 2.82. The van der Waals surface area contributed by atoms with Crippen molar-refractivity contribution in [2.24, 2.45) is 5.10 Å². The molecular weight excluding hydrogens is 362 g/mol. The number of benzene rings is 1. The zero-order chi connectivity index (χ0) is 18.7. The number of nitrogen functional groups attached to an aromatic ring is 1. The molecule has 0 aliphatic heterocycles. The highest BCUT2D eigenvalue weighted by Gasteiger charge is 2.13. The Labute approximate surface area is 152 Å². The fourth-order valence-electron chi connectivity index (χ4n) is 2.18. The lowest BCUT2D eigenvalue weighted by Gasteiger charge is -2.01. The lowest BCUT2D eigenvalue weighted by Crippen LogP contribution is -2.14. The Kier molecular flexibility index (Phi) is 4.85. The highest BCUT2D eigenvalue weighted by Crippen LogP contribution is 2.32. The summed E-state index contributed by atoms with van der Waals surface area (Å²) in [5.74, 6) is 7.61. The quantitative estimate of drug-likeness (QED) is 0.292. The molecule has 26 heavy (non-hydrogen) atoms. The van der Waals surface area contributed by atoms with Crippen LogP contribution in [0.3, 0.4) is 0 Å². The third-order valence-corrected chi connectivity index (χ3v) is 3.81. The van der Waals surface area contributed by atoms with E-state index in [1.165, 1.54) is 29.1 Å². The number of nitrogens with two attached hydrogens (primary N) is 1. The molecule has 0 fully saturated rings. The second-order valence-electron chi connectivity index (χ2n) is 5.16. The smallest absolute Gasteiger partial charge is 0.270 e. The molecular formula is C15H14ClN7O3. The first kappa shape index (κ1) is 17.4. The number of halogens is 1. The van der Waals surface area contributed by atoms with Gasteiger partial charge in [-0.15, -0.1) is 10.2 Å². The molecule has 0 saturated carbocycles. The van der Waals surface area contributed by atoms with Crippen LogP contribution in [0.4, 0.5) is 11.6 Å². The van der Waals surface area contributed by atoms with Gasteiger partial charge in [0.1, 0.15) is 11.5 Å². The summed E-state index contributed by atoms with van der Waals surface area (Å²) in [5, 5.41) is 22.7. The summed E-state index contributed by atoms with van der Waals surface area (Å²) < 4.78 is 6.93. The number of hydrazone groups is 1. The fourth-order valence-corrected chi connectivity index (χ4v) is 2.45. The minimum absolute atomic E-state index is 0.0892. The predicted molar refractivity (Wildman–Crippen MR) is 96.6 cm³/mol. The number of rotatable bonds is 6. The average Bonchev–Trinajstić information content (AvgIpc) is 3.22. The minimum atomic E-state index is -0.512. The summed E-state index contributed by atoms with van der Waals surface area (Å²) >= 11 is 6.09. The van der Waals surface area contributed by atoms with E-state index in [1.54, 1.807) is 12.1 Å². The van der Waals surface area contributed by atoms with Crippen molar-refractivity contribution < 1.29 is 9.34 Å². The molecule has 3 N–H and O–H groups in total. The Hall–Kier alpha value is -3.40. The summed E-state index contributed by atoms with van der Waals surface area (Å²) in [6.45, 7) is 1.91. The maximum absolute atomic E-state index is 10.8. The van der Waals surface area contributed by atoms with Gasteiger partial charge in [-0.25, -0.2) is 10.1 Å². The maximum Gasteiger partial charge on any atom is 0.270 e. The lowest BCUT2D eigenvalue weighted by atomic mass is 10.1. The van der Waals surface area contributed by atoms with Crippen molar-refractivity contribution in [1.29, 1.82) is 0 Å². The number of nitro groups is 1. The Morgan fingerprint density at radius 2 is 2.23 bits per heavy atom. The molecule has 1 aromatic carbocycles. The first-order valence-corrected chi connectivity index (χ1v) is 7.90. The number of hydrogen-bond donors (Lipinski definition) is 2. The fraction of sp³-hybridized carbons (Fsp3) is 0.133. The molecule has 0 spiro atoms. The average molecular weight is 376 g/mol. The van der Waals surface area contributed by atoms with Gasteiger partial charge in [0.15, 0.2) is 5.82 Å². The van der Waals surface area contributed by atoms with E-state index >= 15 is 0 Å². The summed E-state index contributed by atoms with van der Waals surface area (Å²) in [6.07, 6.45) is 2.08. The van der Waals surface area contributed by atoms with E-state index in [1.807, 2.05) is 6.92 Å². The van der Waals surface area contributed by atoms with Crippen molar-refractivity contribution in [3.63, 3.8) is 0 Å². The van der Waals surface area contributed by atoms with E-state index in [-0.39, 0.29) is 10.7 Å². The van der Waals surface area contributed by atoms with Crippen LogP contribution in [0.15, 0.2) is 39.9 Å². The Balaban J connectivity index is 1.73. The van der Waals surface area contributed by atoms with Gasteiger partial charge in [0.05, 0.1) is 16.2 Å². The molecule has 134 valence electrons. The Bertz CT molecular complexity index is 980. The summed E-state index contributed by atoms with van der Waals surface area (Å²) in [7, 11) is 0. The highest BCUT2D eigenvalue weighted by molar-refractivity contribution is 6.33. The third-order valence-electron chi connectivity index (χ3n) is 3.49. The molecule has 0 aliphatic carbocycles. The topological polar surface area (TPSA) is 137 Å². The van der Waals surface area contributed by atoms with Gasteiger partial charge < -0.3 is 10.3 Å². The molecule has 0 amide bonds. The number of hydrogen-bond acceptors (Lipinski definition) is 8. The highest BCUT2D eigenvalue weighted by atomic mass is 35.5. The van der Waals surface area contributed by atoms with Crippen LogP contribution < -0.4 is 11.3 Å². The molecule has 0 bridgehead atoms. The molecule has 2 aromatic heterocycles. The maximum atomic E-state index is 10.8. The van der Waals surface area contributed by atoms with Crippen molar-refractivity contribution in [2.45, 2.75) is 13.3 Å². The third kappa shape index (κ3) is 3.49. The van der Waals surface area contributed by atoms with Crippen molar-refractivity contribution in [2.75, 3.05) is 11.3 Å². The molecule has 0 atom stereocenters. The number of nitrogens with one attached hydrogen (secondary N) is 1. The van der Waals surface area contributed by atoms with Gasteiger partial charge in [0, 0.05) is 24.1 Å².